The third-order valence-electron chi connectivity index (χ3n) is 11.9. The molecular formula is C50H41BN2O2. The maximum atomic E-state index is 6.92. The van der Waals surface area contributed by atoms with Gasteiger partial charge in [-0.15, -0.1) is 0 Å². The first-order valence-electron chi connectivity index (χ1n) is 19.4. The Hall–Kier alpha value is -6.20. The highest BCUT2D eigenvalue weighted by molar-refractivity contribution is 6.98. The van der Waals surface area contributed by atoms with Crippen LogP contribution < -0.4 is 25.9 Å². The van der Waals surface area contributed by atoms with E-state index in [-0.39, 0.29) is 17.5 Å². The minimum Gasteiger partial charge on any atom is -0.458 e. The molecule has 4 nitrogen and oxygen atoms in total. The summed E-state index contributed by atoms with van der Waals surface area (Å²) in [5.74, 6) is 3.49. The van der Waals surface area contributed by atoms with Crippen molar-refractivity contribution >= 4 is 66.7 Å². The van der Waals surface area contributed by atoms with E-state index in [4.69, 9.17) is 9.47 Å². The van der Waals surface area contributed by atoms with E-state index >= 15 is 0 Å². The topological polar surface area (TPSA) is 28.3 Å². The molecule has 0 atom stereocenters. The molecule has 4 heterocycles. The summed E-state index contributed by atoms with van der Waals surface area (Å²) in [7, 11) is 0. The molecule has 9 aromatic rings. The molecule has 5 heteroatoms. The van der Waals surface area contributed by atoms with Crippen LogP contribution in [-0.2, 0) is 10.8 Å². The maximum Gasteiger partial charge on any atom is 0.260 e. The van der Waals surface area contributed by atoms with E-state index in [1.54, 1.807) is 0 Å². The molecule has 0 saturated heterocycles. The van der Waals surface area contributed by atoms with Gasteiger partial charge in [-0.05, 0) is 81.4 Å². The summed E-state index contributed by atoms with van der Waals surface area (Å²) in [5, 5.41) is 4.91. The van der Waals surface area contributed by atoms with E-state index in [2.05, 4.69) is 190 Å². The van der Waals surface area contributed by atoms with Gasteiger partial charge in [-0.2, -0.15) is 0 Å². The van der Waals surface area contributed by atoms with Crippen molar-refractivity contribution in [1.29, 1.82) is 0 Å². The van der Waals surface area contributed by atoms with Crippen molar-refractivity contribution in [3.63, 3.8) is 0 Å². The summed E-state index contributed by atoms with van der Waals surface area (Å²) in [6.07, 6.45) is 0. The minimum absolute atomic E-state index is 0.00119. The summed E-state index contributed by atoms with van der Waals surface area (Å²) in [6, 6.07) is 51.0. The Balaban J connectivity index is 1.13. The fraction of sp³-hybridized carbons (Fsp3) is 0.160. The van der Waals surface area contributed by atoms with E-state index in [0.717, 1.165) is 50.9 Å². The van der Waals surface area contributed by atoms with Crippen molar-refractivity contribution < 1.29 is 9.47 Å². The zero-order chi connectivity index (χ0) is 37.4. The van der Waals surface area contributed by atoms with Crippen LogP contribution in [0.15, 0.2) is 140 Å². The summed E-state index contributed by atoms with van der Waals surface area (Å²) in [6.45, 7) is 13.6. The van der Waals surface area contributed by atoms with Crippen molar-refractivity contribution in [1.82, 2.24) is 9.13 Å². The predicted molar refractivity (Wildman–Crippen MR) is 230 cm³/mol. The van der Waals surface area contributed by atoms with Gasteiger partial charge < -0.3 is 18.6 Å². The molecule has 0 radical (unpaired) electrons. The van der Waals surface area contributed by atoms with Gasteiger partial charge in [0.15, 0.2) is 0 Å². The van der Waals surface area contributed by atoms with Gasteiger partial charge in [0, 0.05) is 44.8 Å². The Bertz CT molecular complexity index is 2940. The molecule has 0 spiro atoms. The van der Waals surface area contributed by atoms with Crippen molar-refractivity contribution in [2.45, 2.75) is 52.4 Å². The van der Waals surface area contributed by atoms with Crippen LogP contribution in [-0.4, -0.2) is 15.8 Å². The summed E-state index contributed by atoms with van der Waals surface area (Å²) >= 11 is 0. The van der Waals surface area contributed by atoms with Gasteiger partial charge in [0.1, 0.15) is 23.0 Å². The van der Waals surface area contributed by atoms with Gasteiger partial charge in [0.05, 0.1) is 27.8 Å². The molecule has 266 valence electrons. The van der Waals surface area contributed by atoms with Crippen LogP contribution in [0.3, 0.4) is 0 Å². The highest BCUT2D eigenvalue weighted by atomic mass is 16.5. The van der Waals surface area contributed by atoms with Crippen LogP contribution in [0.1, 0.15) is 52.7 Å². The Morgan fingerprint density at radius 2 is 0.836 bits per heavy atom. The lowest BCUT2D eigenvalue weighted by atomic mass is 9.34. The number of benzene rings is 7. The second-order valence-corrected chi connectivity index (χ2v) is 17.4. The van der Waals surface area contributed by atoms with Crippen molar-refractivity contribution in [2.75, 3.05) is 0 Å². The maximum absolute atomic E-state index is 6.92. The van der Waals surface area contributed by atoms with Gasteiger partial charge in [-0.25, -0.2) is 0 Å². The van der Waals surface area contributed by atoms with Gasteiger partial charge in [-0.1, -0.05) is 120 Å². The van der Waals surface area contributed by atoms with Crippen LogP contribution in [0.2, 0.25) is 0 Å². The predicted octanol–water partition coefficient (Wildman–Crippen LogP) is 11.2. The number of ether oxygens (including phenoxy) is 2. The number of hydrogen-bond acceptors (Lipinski definition) is 2. The highest BCUT2D eigenvalue weighted by Gasteiger charge is 2.41. The third kappa shape index (κ3) is 4.72. The molecule has 2 aliphatic heterocycles. The zero-order valence-corrected chi connectivity index (χ0v) is 32.1. The van der Waals surface area contributed by atoms with Crippen LogP contribution in [0.5, 0.6) is 23.0 Å². The first kappa shape index (κ1) is 32.3. The lowest BCUT2D eigenvalue weighted by molar-refractivity contribution is 0.463. The standard InChI is InChI=1S/C50H41BN2O2/c1-49(2,3)30-19-23-44-38(25-30)51-39-26-31(50(4,5)6)20-24-45(39)55-47-29-33(28-46(54-44)48(47)51)53-42-18-12-9-15-36(42)37-27-32(21-22-43(37)53)52-40-16-10-7-13-34(40)35-14-8-11-17-41(35)52/h7-29H,1-6H3. The second-order valence-electron chi connectivity index (χ2n) is 17.4. The number of rotatable bonds is 2. The number of hydrogen-bond donors (Lipinski definition) is 0. The lowest BCUT2D eigenvalue weighted by Crippen LogP contribution is -2.57. The van der Waals surface area contributed by atoms with Crippen molar-refractivity contribution in [3.05, 3.63) is 151 Å². The highest BCUT2D eigenvalue weighted by Crippen LogP contribution is 2.42. The van der Waals surface area contributed by atoms with E-state index in [9.17, 15) is 0 Å². The number of nitrogens with zero attached hydrogens (tertiary/aromatic N) is 2. The van der Waals surface area contributed by atoms with Gasteiger partial charge in [0.2, 0.25) is 0 Å². The molecule has 11 rings (SSSR count). The molecule has 0 unspecified atom stereocenters. The van der Waals surface area contributed by atoms with E-state index in [1.165, 1.54) is 54.6 Å². The molecule has 0 saturated carbocycles. The summed E-state index contributed by atoms with van der Waals surface area (Å²) < 4.78 is 18.6. The van der Waals surface area contributed by atoms with Crippen LogP contribution in [0.25, 0.3) is 55.0 Å². The normalized spacial score (nSPS) is 13.5. The fourth-order valence-corrected chi connectivity index (χ4v) is 9.13. The first-order valence-corrected chi connectivity index (χ1v) is 19.4. The average molecular weight is 713 g/mol. The molecule has 0 bridgehead atoms. The molecule has 0 aliphatic carbocycles. The number of fused-ring (bicyclic) bond motifs is 10. The lowest BCUT2D eigenvalue weighted by Gasteiger charge is -2.35. The van der Waals surface area contributed by atoms with E-state index in [1.807, 2.05) is 0 Å². The van der Waals surface area contributed by atoms with Crippen molar-refractivity contribution in [2.24, 2.45) is 0 Å². The van der Waals surface area contributed by atoms with Gasteiger partial charge >= 0.3 is 0 Å². The molecule has 0 amide bonds. The molecular weight excluding hydrogens is 671 g/mol. The van der Waals surface area contributed by atoms with E-state index in [0.29, 0.717) is 0 Å². The second kappa shape index (κ2) is 11.2. The average Bonchev–Trinajstić information content (AvgIpc) is 3.69. The number of para-hydroxylation sites is 3. The van der Waals surface area contributed by atoms with Gasteiger partial charge in [0.25, 0.3) is 6.71 Å². The third-order valence-corrected chi connectivity index (χ3v) is 11.9. The molecule has 55 heavy (non-hydrogen) atoms. The Morgan fingerprint density at radius 1 is 0.400 bits per heavy atom. The Kier molecular flexibility index (Phi) is 6.55. The number of aromatic nitrogens is 2. The molecule has 7 aromatic carbocycles. The zero-order valence-electron chi connectivity index (χ0n) is 32.1. The Labute approximate surface area is 321 Å². The monoisotopic (exact) mass is 712 g/mol. The van der Waals surface area contributed by atoms with E-state index < -0.39 is 0 Å². The molecule has 2 aliphatic rings. The molecule has 0 N–H and O–H groups in total. The smallest absolute Gasteiger partial charge is 0.260 e. The SMILES string of the molecule is CC(C)(C)c1ccc2c(c1)B1c3cc(C(C)(C)C)ccc3Oc3cc(-n4c5ccccc5c5cc(-n6c7ccccc7c7ccccc76)ccc54)cc(c31)O2. The van der Waals surface area contributed by atoms with Crippen molar-refractivity contribution in [3.8, 4) is 34.4 Å². The Morgan fingerprint density at radius 3 is 1.33 bits per heavy atom. The van der Waals surface area contributed by atoms with Crippen LogP contribution >= 0.6 is 0 Å². The fourth-order valence-electron chi connectivity index (χ4n) is 9.13. The summed E-state index contributed by atoms with van der Waals surface area (Å²) in [4.78, 5) is 0. The van der Waals surface area contributed by atoms with Gasteiger partial charge in [-0.3, -0.25) is 0 Å². The first-order chi connectivity index (χ1) is 26.5. The quantitative estimate of drug-likeness (QED) is 0.167. The molecule has 2 aromatic heterocycles. The minimum atomic E-state index is -0.0110. The summed E-state index contributed by atoms with van der Waals surface area (Å²) in [5.41, 5.74) is 12.9. The van der Waals surface area contributed by atoms with Crippen LogP contribution in [0.4, 0.5) is 0 Å². The van der Waals surface area contributed by atoms with Crippen LogP contribution in [0, 0.1) is 0 Å². The largest absolute Gasteiger partial charge is 0.458 e. The molecule has 0 fully saturated rings.